The SMILES string of the molecule is CCc1ccc(Nc2nc3c(c(=O)[nH]2)CSC3)cc1. The number of aromatic amines is 1. The van der Waals surface area contributed by atoms with Crippen molar-refractivity contribution in [3.8, 4) is 0 Å². The Hall–Kier alpha value is -1.75. The fourth-order valence-corrected chi connectivity index (χ4v) is 3.12. The van der Waals surface area contributed by atoms with Gasteiger partial charge < -0.3 is 5.32 Å². The summed E-state index contributed by atoms with van der Waals surface area (Å²) in [5.41, 5.74) is 3.92. The summed E-state index contributed by atoms with van der Waals surface area (Å²) < 4.78 is 0. The van der Waals surface area contributed by atoms with Gasteiger partial charge in [0, 0.05) is 22.8 Å². The van der Waals surface area contributed by atoms with Crippen LogP contribution in [0.5, 0.6) is 0 Å². The van der Waals surface area contributed by atoms with Crippen LogP contribution in [0, 0.1) is 0 Å². The van der Waals surface area contributed by atoms with Gasteiger partial charge in [-0.15, -0.1) is 0 Å². The smallest absolute Gasteiger partial charge is 0.256 e. The van der Waals surface area contributed by atoms with Gasteiger partial charge in [0.15, 0.2) is 0 Å². The van der Waals surface area contributed by atoms with Crippen molar-refractivity contribution >= 4 is 23.4 Å². The van der Waals surface area contributed by atoms with Crippen molar-refractivity contribution < 1.29 is 0 Å². The van der Waals surface area contributed by atoms with Gasteiger partial charge in [0.05, 0.1) is 5.69 Å². The van der Waals surface area contributed by atoms with Crippen LogP contribution >= 0.6 is 11.8 Å². The second-order valence-electron chi connectivity index (χ2n) is 4.51. The van der Waals surface area contributed by atoms with E-state index in [4.69, 9.17) is 0 Å². The fraction of sp³-hybridized carbons (Fsp3) is 0.286. The Kier molecular flexibility index (Phi) is 3.29. The number of nitrogens with zero attached hydrogens (tertiary/aromatic N) is 1. The second-order valence-corrected chi connectivity index (χ2v) is 5.49. The highest BCUT2D eigenvalue weighted by Gasteiger charge is 2.17. The molecule has 0 saturated carbocycles. The molecular weight excluding hydrogens is 258 g/mol. The minimum Gasteiger partial charge on any atom is -0.326 e. The molecule has 5 heteroatoms. The predicted molar refractivity (Wildman–Crippen MR) is 79.0 cm³/mol. The van der Waals surface area contributed by atoms with Crippen molar-refractivity contribution in [1.29, 1.82) is 0 Å². The molecule has 1 aromatic heterocycles. The van der Waals surface area contributed by atoms with E-state index in [1.54, 1.807) is 11.8 Å². The highest BCUT2D eigenvalue weighted by atomic mass is 32.2. The molecule has 1 aliphatic heterocycles. The van der Waals surface area contributed by atoms with Crippen LogP contribution in [0.2, 0.25) is 0 Å². The summed E-state index contributed by atoms with van der Waals surface area (Å²) in [5, 5.41) is 3.15. The molecular formula is C14H15N3OS. The zero-order valence-corrected chi connectivity index (χ0v) is 11.5. The summed E-state index contributed by atoms with van der Waals surface area (Å²) in [6.45, 7) is 2.12. The molecule has 4 nitrogen and oxygen atoms in total. The molecule has 0 aliphatic carbocycles. The maximum atomic E-state index is 11.9. The molecule has 98 valence electrons. The summed E-state index contributed by atoms with van der Waals surface area (Å²) in [4.78, 5) is 19.1. The van der Waals surface area contributed by atoms with E-state index in [1.807, 2.05) is 12.1 Å². The lowest BCUT2D eigenvalue weighted by Gasteiger charge is -2.07. The Morgan fingerprint density at radius 2 is 2.11 bits per heavy atom. The molecule has 19 heavy (non-hydrogen) atoms. The van der Waals surface area contributed by atoms with Crippen LogP contribution in [-0.2, 0) is 17.9 Å². The maximum absolute atomic E-state index is 11.9. The maximum Gasteiger partial charge on any atom is 0.256 e. The summed E-state index contributed by atoms with van der Waals surface area (Å²) in [5.74, 6) is 2.11. The first-order chi connectivity index (χ1) is 9.26. The summed E-state index contributed by atoms with van der Waals surface area (Å²) in [7, 11) is 0. The molecule has 2 N–H and O–H groups in total. The van der Waals surface area contributed by atoms with E-state index in [1.165, 1.54) is 5.56 Å². The van der Waals surface area contributed by atoms with Crippen LogP contribution in [0.1, 0.15) is 23.7 Å². The van der Waals surface area contributed by atoms with Gasteiger partial charge in [-0.05, 0) is 24.1 Å². The molecule has 0 radical (unpaired) electrons. The number of fused-ring (bicyclic) bond motifs is 1. The molecule has 0 atom stereocenters. The Bertz CT molecular complexity index is 649. The molecule has 0 amide bonds. The average Bonchev–Trinajstić information content (AvgIpc) is 2.88. The van der Waals surface area contributed by atoms with Crippen molar-refractivity contribution in [2.75, 3.05) is 5.32 Å². The zero-order chi connectivity index (χ0) is 13.2. The number of hydrogen-bond acceptors (Lipinski definition) is 4. The van der Waals surface area contributed by atoms with Crippen molar-refractivity contribution in [3.05, 3.63) is 51.4 Å². The third-order valence-electron chi connectivity index (χ3n) is 3.21. The zero-order valence-electron chi connectivity index (χ0n) is 10.7. The molecule has 3 rings (SSSR count). The van der Waals surface area contributed by atoms with E-state index in [2.05, 4.69) is 34.3 Å². The number of benzene rings is 1. The molecule has 1 aromatic carbocycles. The van der Waals surface area contributed by atoms with Crippen LogP contribution in [-0.4, -0.2) is 9.97 Å². The Morgan fingerprint density at radius 1 is 1.32 bits per heavy atom. The van der Waals surface area contributed by atoms with Crippen molar-refractivity contribution in [1.82, 2.24) is 9.97 Å². The molecule has 1 aliphatic rings. The predicted octanol–water partition coefficient (Wildman–Crippen LogP) is 2.82. The van der Waals surface area contributed by atoms with Crippen molar-refractivity contribution in [2.45, 2.75) is 24.9 Å². The fourth-order valence-electron chi connectivity index (χ4n) is 2.08. The highest BCUT2D eigenvalue weighted by molar-refractivity contribution is 7.98. The van der Waals surface area contributed by atoms with Crippen LogP contribution in [0.25, 0.3) is 0 Å². The van der Waals surface area contributed by atoms with Crippen LogP contribution in [0.3, 0.4) is 0 Å². The second kappa shape index (κ2) is 5.09. The van der Waals surface area contributed by atoms with E-state index in [-0.39, 0.29) is 5.56 Å². The van der Waals surface area contributed by atoms with Gasteiger partial charge in [-0.1, -0.05) is 19.1 Å². The lowest BCUT2D eigenvalue weighted by molar-refractivity contribution is 1.03. The summed E-state index contributed by atoms with van der Waals surface area (Å²) in [6.07, 6.45) is 1.02. The molecule has 0 fully saturated rings. The van der Waals surface area contributed by atoms with Gasteiger partial charge in [-0.2, -0.15) is 11.8 Å². The number of hydrogen-bond donors (Lipinski definition) is 2. The first-order valence-electron chi connectivity index (χ1n) is 6.32. The number of aromatic nitrogens is 2. The topological polar surface area (TPSA) is 57.8 Å². The van der Waals surface area contributed by atoms with Gasteiger partial charge in [0.2, 0.25) is 5.95 Å². The molecule has 2 heterocycles. The van der Waals surface area contributed by atoms with E-state index in [9.17, 15) is 4.79 Å². The Balaban J connectivity index is 1.87. The van der Waals surface area contributed by atoms with Crippen LogP contribution < -0.4 is 10.9 Å². The van der Waals surface area contributed by atoms with E-state index in [0.29, 0.717) is 5.95 Å². The quantitative estimate of drug-likeness (QED) is 0.903. The van der Waals surface area contributed by atoms with Crippen LogP contribution in [0.15, 0.2) is 29.1 Å². The van der Waals surface area contributed by atoms with Crippen molar-refractivity contribution in [2.24, 2.45) is 0 Å². The Morgan fingerprint density at radius 3 is 2.84 bits per heavy atom. The van der Waals surface area contributed by atoms with E-state index >= 15 is 0 Å². The van der Waals surface area contributed by atoms with Crippen LogP contribution in [0.4, 0.5) is 11.6 Å². The lowest BCUT2D eigenvalue weighted by Crippen LogP contribution is -2.16. The molecule has 0 unspecified atom stereocenters. The normalized spacial score (nSPS) is 13.3. The first-order valence-corrected chi connectivity index (χ1v) is 7.47. The minimum atomic E-state index is -0.0253. The first kappa shape index (κ1) is 12.3. The van der Waals surface area contributed by atoms with E-state index in [0.717, 1.165) is 34.9 Å². The molecule has 2 aromatic rings. The molecule has 0 saturated heterocycles. The standard InChI is InChI=1S/C14H15N3OS/c1-2-9-3-5-10(6-4-9)15-14-16-12-8-19-7-11(12)13(18)17-14/h3-6H,2,7-8H2,1H3,(H2,15,16,17,18). The van der Waals surface area contributed by atoms with E-state index < -0.39 is 0 Å². The number of H-pyrrole nitrogens is 1. The largest absolute Gasteiger partial charge is 0.326 e. The number of nitrogens with one attached hydrogen (secondary N) is 2. The molecule has 0 spiro atoms. The summed E-state index contributed by atoms with van der Waals surface area (Å²) in [6, 6.07) is 8.15. The highest BCUT2D eigenvalue weighted by Crippen LogP contribution is 2.26. The number of thioether (sulfide) groups is 1. The summed E-state index contributed by atoms with van der Waals surface area (Å²) >= 11 is 1.73. The monoisotopic (exact) mass is 273 g/mol. The molecule has 0 bridgehead atoms. The number of anilines is 2. The van der Waals surface area contributed by atoms with Gasteiger partial charge in [-0.25, -0.2) is 4.98 Å². The number of rotatable bonds is 3. The van der Waals surface area contributed by atoms with Gasteiger partial charge >= 0.3 is 0 Å². The minimum absolute atomic E-state index is 0.0253. The third-order valence-corrected chi connectivity index (χ3v) is 4.18. The average molecular weight is 273 g/mol. The van der Waals surface area contributed by atoms with Gasteiger partial charge in [-0.3, -0.25) is 9.78 Å². The Labute approximate surface area is 115 Å². The van der Waals surface area contributed by atoms with Gasteiger partial charge in [0.25, 0.3) is 5.56 Å². The van der Waals surface area contributed by atoms with Gasteiger partial charge in [0.1, 0.15) is 0 Å². The van der Waals surface area contributed by atoms with Crippen molar-refractivity contribution in [3.63, 3.8) is 0 Å². The lowest BCUT2D eigenvalue weighted by atomic mass is 10.1. The third kappa shape index (κ3) is 2.51. The number of aryl methyl sites for hydroxylation is 1.